The lowest BCUT2D eigenvalue weighted by Gasteiger charge is -2.44. The van der Waals surface area contributed by atoms with Crippen molar-refractivity contribution in [1.29, 1.82) is 0 Å². The minimum atomic E-state index is 0.331. The first-order valence-corrected chi connectivity index (χ1v) is 11.2. The summed E-state index contributed by atoms with van der Waals surface area (Å²) in [7, 11) is 0.331. The summed E-state index contributed by atoms with van der Waals surface area (Å²) < 4.78 is 0. The molecule has 0 saturated heterocycles. The van der Waals surface area contributed by atoms with Gasteiger partial charge in [0.05, 0.1) is 0 Å². The monoisotopic (exact) mass is 294 g/mol. The van der Waals surface area contributed by atoms with Gasteiger partial charge in [-0.15, -0.1) is 0 Å². The second-order valence-electron chi connectivity index (χ2n) is 7.82. The van der Waals surface area contributed by atoms with Crippen molar-refractivity contribution in [3.05, 3.63) is 0 Å². The van der Waals surface area contributed by atoms with Crippen molar-refractivity contribution in [2.75, 3.05) is 0 Å². The van der Waals surface area contributed by atoms with E-state index in [1.54, 1.807) is 64.2 Å². The molecule has 0 aromatic rings. The van der Waals surface area contributed by atoms with Crippen LogP contribution in [0.15, 0.2) is 0 Å². The van der Waals surface area contributed by atoms with Crippen LogP contribution in [-0.4, -0.2) is 17.0 Å². The average Bonchev–Trinajstić information content (AvgIpc) is 3.04. The Bertz CT molecular complexity index is 251. The van der Waals surface area contributed by atoms with Crippen LogP contribution in [0.4, 0.5) is 0 Å². The van der Waals surface area contributed by atoms with Gasteiger partial charge in [-0.1, -0.05) is 66.2 Å². The summed E-state index contributed by atoms with van der Waals surface area (Å²) in [4.78, 5) is 0. The van der Waals surface area contributed by atoms with Gasteiger partial charge in [-0.2, -0.15) is 0 Å². The van der Waals surface area contributed by atoms with Crippen LogP contribution < -0.4 is 0 Å². The lowest BCUT2D eigenvalue weighted by molar-refractivity contribution is 0.465. The van der Waals surface area contributed by atoms with Crippen molar-refractivity contribution in [2.45, 2.75) is 114 Å². The summed E-state index contributed by atoms with van der Waals surface area (Å²) >= 11 is 0. The Morgan fingerprint density at radius 2 is 1.00 bits per heavy atom. The van der Waals surface area contributed by atoms with E-state index in [0.717, 1.165) is 22.9 Å². The second-order valence-corrected chi connectivity index (χ2v) is 11.0. The quantitative estimate of drug-likeness (QED) is 0.505. The molecule has 3 aliphatic rings. The van der Waals surface area contributed by atoms with Crippen LogP contribution in [0.5, 0.6) is 0 Å². The van der Waals surface area contributed by atoms with Crippen LogP contribution in [0.1, 0.15) is 96.8 Å². The van der Waals surface area contributed by atoms with E-state index >= 15 is 0 Å². The highest BCUT2D eigenvalue weighted by Gasteiger charge is 2.37. The number of rotatable bonds is 4. The number of hydrogen-bond acceptors (Lipinski definition) is 0. The molecule has 1 unspecified atom stereocenters. The van der Waals surface area contributed by atoms with Gasteiger partial charge in [-0.3, -0.25) is 0 Å². The Hall–Kier alpha value is 0.430. The Labute approximate surface area is 128 Å². The van der Waals surface area contributed by atoms with Crippen LogP contribution in [0.2, 0.25) is 0 Å². The summed E-state index contributed by atoms with van der Waals surface area (Å²) in [6.45, 7) is 2.69. The summed E-state index contributed by atoms with van der Waals surface area (Å²) in [5.41, 5.74) is 3.42. The van der Waals surface area contributed by atoms with Crippen molar-refractivity contribution >= 4 is 7.92 Å². The minimum absolute atomic E-state index is 0.331. The molecule has 0 heterocycles. The molecule has 20 heavy (non-hydrogen) atoms. The highest BCUT2D eigenvalue weighted by molar-refractivity contribution is 7.59. The van der Waals surface area contributed by atoms with Crippen LogP contribution in [0.3, 0.4) is 0 Å². The molecule has 0 bridgehead atoms. The minimum Gasteiger partial charge on any atom is -0.0971 e. The van der Waals surface area contributed by atoms with Gasteiger partial charge in [0.15, 0.2) is 0 Å². The van der Waals surface area contributed by atoms with E-state index in [2.05, 4.69) is 6.92 Å². The van der Waals surface area contributed by atoms with Gasteiger partial charge in [-0.25, -0.2) is 0 Å². The van der Waals surface area contributed by atoms with Crippen molar-refractivity contribution in [2.24, 2.45) is 5.92 Å². The predicted octanol–water partition coefficient (Wildman–Crippen LogP) is 6.71. The normalized spacial score (nSPS) is 29.1. The molecule has 0 nitrogen and oxygen atoms in total. The largest absolute Gasteiger partial charge is 0.0971 e. The zero-order valence-electron chi connectivity index (χ0n) is 13.7. The van der Waals surface area contributed by atoms with Crippen LogP contribution >= 0.6 is 7.92 Å². The molecular formula is C19H35P. The summed E-state index contributed by atoms with van der Waals surface area (Å²) in [5, 5.41) is 0. The lowest BCUT2D eigenvalue weighted by atomic mass is 9.99. The van der Waals surface area contributed by atoms with Crippen molar-refractivity contribution < 1.29 is 0 Å². The molecule has 3 fully saturated rings. The summed E-state index contributed by atoms with van der Waals surface area (Å²) in [6.07, 6.45) is 21.9. The first-order valence-electron chi connectivity index (χ1n) is 9.63. The topological polar surface area (TPSA) is 0 Å². The van der Waals surface area contributed by atoms with E-state index in [1.807, 2.05) is 0 Å². The lowest BCUT2D eigenvalue weighted by Crippen LogP contribution is -2.28. The predicted molar refractivity (Wildman–Crippen MR) is 92.1 cm³/mol. The molecule has 3 rings (SSSR count). The Morgan fingerprint density at radius 1 is 0.600 bits per heavy atom. The molecule has 0 radical (unpaired) electrons. The maximum atomic E-state index is 2.69. The van der Waals surface area contributed by atoms with Crippen LogP contribution in [0, 0.1) is 5.92 Å². The van der Waals surface area contributed by atoms with Gasteiger partial charge >= 0.3 is 0 Å². The Balaban J connectivity index is 1.70. The molecule has 0 aliphatic heterocycles. The van der Waals surface area contributed by atoms with Gasteiger partial charge in [-0.05, 0) is 61.4 Å². The van der Waals surface area contributed by atoms with E-state index in [-0.39, 0.29) is 0 Å². The van der Waals surface area contributed by atoms with E-state index in [4.69, 9.17) is 0 Å². The third kappa shape index (κ3) is 3.60. The fraction of sp³-hybridized carbons (Fsp3) is 1.00. The van der Waals surface area contributed by atoms with Crippen molar-refractivity contribution in [3.63, 3.8) is 0 Å². The van der Waals surface area contributed by atoms with E-state index in [0.29, 0.717) is 7.92 Å². The fourth-order valence-corrected chi connectivity index (χ4v) is 10.0. The smallest absolute Gasteiger partial charge is 0.0204 e. The second kappa shape index (κ2) is 7.62. The van der Waals surface area contributed by atoms with E-state index in [9.17, 15) is 0 Å². The van der Waals surface area contributed by atoms with Crippen LogP contribution in [0.25, 0.3) is 0 Å². The SMILES string of the molecule is CC(C1CCCC1)P(C1CCCCC1)C1CCCCC1. The molecule has 0 amide bonds. The zero-order valence-corrected chi connectivity index (χ0v) is 14.6. The van der Waals surface area contributed by atoms with Gasteiger partial charge in [0.25, 0.3) is 0 Å². The van der Waals surface area contributed by atoms with Gasteiger partial charge < -0.3 is 0 Å². The van der Waals surface area contributed by atoms with E-state index < -0.39 is 0 Å². The summed E-state index contributed by atoms with van der Waals surface area (Å²) in [6, 6.07) is 0. The average molecular weight is 294 g/mol. The number of hydrogen-bond donors (Lipinski definition) is 0. The van der Waals surface area contributed by atoms with Gasteiger partial charge in [0.1, 0.15) is 0 Å². The fourth-order valence-electron chi connectivity index (χ4n) is 5.40. The molecule has 1 atom stereocenters. The van der Waals surface area contributed by atoms with Crippen LogP contribution in [-0.2, 0) is 0 Å². The molecule has 3 saturated carbocycles. The molecule has 0 spiro atoms. The maximum absolute atomic E-state index is 2.69. The van der Waals surface area contributed by atoms with Gasteiger partial charge in [0.2, 0.25) is 0 Å². The van der Waals surface area contributed by atoms with Gasteiger partial charge in [0, 0.05) is 0 Å². The first kappa shape index (κ1) is 15.3. The van der Waals surface area contributed by atoms with Crippen molar-refractivity contribution in [1.82, 2.24) is 0 Å². The Kier molecular flexibility index (Phi) is 5.84. The Morgan fingerprint density at radius 3 is 1.45 bits per heavy atom. The molecule has 0 aromatic heterocycles. The molecule has 0 N–H and O–H groups in total. The molecule has 1 heteroatoms. The maximum Gasteiger partial charge on any atom is -0.0204 e. The van der Waals surface area contributed by atoms with E-state index in [1.165, 1.54) is 25.7 Å². The highest BCUT2D eigenvalue weighted by atomic mass is 31.1. The molecule has 0 aromatic carbocycles. The highest BCUT2D eigenvalue weighted by Crippen LogP contribution is 2.61. The standard InChI is InChI=1S/C19H35P/c1-16(17-10-8-9-11-17)20(18-12-4-2-5-13-18)19-14-6-3-7-15-19/h16-19H,2-15H2,1H3. The van der Waals surface area contributed by atoms with Crippen molar-refractivity contribution in [3.8, 4) is 0 Å². The molecule has 3 aliphatic carbocycles. The zero-order chi connectivity index (χ0) is 13.8. The molecule has 116 valence electrons. The third-order valence-electron chi connectivity index (χ3n) is 6.54. The first-order chi connectivity index (χ1) is 9.86. The third-order valence-corrected chi connectivity index (χ3v) is 10.6. The molecular weight excluding hydrogens is 259 g/mol. The summed E-state index contributed by atoms with van der Waals surface area (Å²) in [5.74, 6) is 1.12.